The zero-order valence-corrected chi connectivity index (χ0v) is 9.61. The normalized spacial score (nSPS) is 9.94. The second-order valence-corrected chi connectivity index (χ2v) is 3.26. The summed E-state index contributed by atoms with van der Waals surface area (Å²) in [7, 11) is 2.89. The van der Waals surface area contributed by atoms with Gasteiger partial charge in [-0.25, -0.2) is 9.78 Å². The van der Waals surface area contributed by atoms with E-state index in [0.29, 0.717) is 24.5 Å². The third-order valence-electron chi connectivity index (χ3n) is 2.29. The van der Waals surface area contributed by atoms with E-state index in [1.807, 2.05) is 0 Å². The minimum atomic E-state index is -0.447. The summed E-state index contributed by atoms with van der Waals surface area (Å²) in [6.07, 6.45) is 1.75. The number of rotatable bonds is 4. The number of nitrogens with one attached hydrogen (secondary N) is 1. The Bertz CT molecular complexity index is 398. The molecule has 0 aromatic carbocycles. The number of esters is 1. The summed E-state index contributed by atoms with van der Waals surface area (Å²) in [5.74, 6) is 0.158. The quantitative estimate of drug-likeness (QED) is 0.738. The van der Waals surface area contributed by atoms with Crippen LogP contribution in [0.2, 0.25) is 0 Å². The van der Waals surface area contributed by atoms with Crippen molar-refractivity contribution in [2.24, 2.45) is 0 Å². The smallest absolute Gasteiger partial charge is 0.356 e. The van der Waals surface area contributed by atoms with E-state index in [0.717, 1.165) is 0 Å². The van der Waals surface area contributed by atoms with Gasteiger partial charge in [-0.1, -0.05) is 0 Å². The second-order valence-electron chi connectivity index (χ2n) is 3.26. The Morgan fingerprint density at radius 2 is 2.25 bits per heavy atom. The molecule has 0 saturated heterocycles. The van der Waals surface area contributed by atoms with Gasteiger partial charge < -0.3 is 14.6 Å². The zero-order chi connectivity index (χ0) is 12.1. The van der Waals surface area contributed by atoms with E-state index in [1.54, 1.807) is 18.5 Å². The number of hydrogen-bond acceptors (Lipinski definition) is 4. The predicted molar refractivity (Wildman–Crippen MR) is 57.0 cm³/mol. The van der Waals surface area contributed by atoms with Crippen LogP contribution in [-0.4, -0.2) is 35.6 Å². The molecule has 1 aromatic rings. The van der Waals surface area contributed by atoms with Gasteiger partial charge in [-0.15, -0.1) is 0 Å². The third-order valence-corrected chi connectivity index (χ3v) is 2.29. The molecule has 0 bridgehead atoms. The van der Waals surface area contributed by atoms with E-state index in [9.17, 15) is 9.59 Å². The Morgan fingerprint density at radius 1 is 1.56 bits per heavy atom. The van der Waals surface area contributed by atoms with Crippen molar-refractivity contribution in [1.29, 1.82) is 0 Å². The number of nitrogens with zero attached hydrogens (tertiary/aromatic N) is 2. The molecule has 0 aliphatic rings. The number of hydrogen-bond donors (Lipinski definition) is 1. The largest absolute Gasteiger partial charge is 0.464 e. The first-order valence-corrected chi connectivity index (χ1v) is 4.91. The van der Waals surface area contributed by atoms with Gasteiger partial charge in [0.2, 0.25) is 5.91 Å². The molecule has 0 aliphatic carbocycles. The maximum Gasteiger partial charge on any atom is 0.356 e. The van der Waals surface area contributed by atoms with Crippen LogP contribution in [0, 0.1) is 6.92 Å². The molecule has 6 nitrogen and oxygen atoms in total. The fraction of sp³-hybridized carbons (Fsp3) is 0.500. The lowest BCUT2D eigenvalue weighted by Gasteiger charge is -2.08. The summed E-state index contributed by atoms with van der Waals surface area (Å²) in [5.41, 5.74) is 0.365. The molecule has 16 heavy (non-hydrogen) atoms. The molecule has 0 spiro atoms. The molecule has 0 saturated carbocycles. The minimum Gasteiger partial charge on any atom is -0.464 e. The fourth-order valence-corrected chi connectivity index (χ4v) is 1.36. The van der Waals surface area contributed by atoms with Crippen molar-refractivity contribution in [3.05, 3.63) is 17.7 Å². The number of aromatic nitrogens is 2. The molecule has 1 rings (SSSR count). The molecule has 1 aromatic heterocycles. The highest BCUT2D eigenvalue weighted by Crippen LogP contribution is 2.07. The van der Waals surface area contributed by atoms with Crippen molar-refractivity contribution in [2.75, 3.05) is 14.2 Å². The fourth-order valence-electron chi connectivity index (χ4n) is 1.36. The zero-order valence-electron chi connectivity index (χ0n) is 9.61. The predicted octanol–water partition coefficient (Wildman–Crippen LogP) is 0.114. The lowest BCUT2D eigenvalue weighted by molar-refractivity contribution is -0.120. The summed E-state index contributed by atoms with van der Waals surface area (Å²) in [6.45, 7) is 2.19. The summed E-state index contributed by atoms with van der Waals surface area (Å²) in [4.78, 5) is 26.5. The van der Waals surface area contributed by atoms with Gasteiger partial charge in [0, 0.05) is 20.0 Å². The Morgan fingerprint density at radius 3 is 2.81 bits per heavy atom. The maximum atomic E-state index is 11.4. The highest BCUT2D eigenvalue weighted by Gasteiger charge is 2.15. The maximum absolute atomic E-state index is 11.4. The van der Waals surface area contributed by atoms with E-state index in [1.165, 1.54) is 13.3 Å². The van der Waals surface area contributed by atoms with Gasteiger partial charge in [0.1, 0.15) is 11.5 Å². The van der Waals surface area contributed by atoms with Gasteiger partial charge in [0.15, 0.2) is 0 Å². The minimum absolute atomic E-state index is 0.0797. The topological polar surface area (TPSA) is 73.2 Å². The summed E-state index contributed by atoms with van der Waals surface area (Å²) in [5, 5.41) is 2.52. The number of imidazole rings is 1. The van der Waals surface area contributed by atoms with E-state index >= 15 is 0 Å². The Hall–Kier alpha value is -1.85. The number of aryl methyl sites for hydroxylation is 1. The lowest BCUT2D eigenvalue weighted by atomic mass is 10.3. The monoisotopic (exact) mass is 225 g/mol. The van der Waals surface area contributed by atoms with Crippen molar-refractivity contribution < 1.29 is 14.3 Å². The molecule has 0 radical (unpaired) electrons. The average molecular weight is 225 g/mol. The molecular weight excluding hydrogens is 210 g/mol. The standard InChI is InChI=1S/C10H15N3O3/c1-7-12-6-8(10(15)16-3)13(7)5-4-9(14)11-2/h6H,4-5H2,1-3H3,(H,11,14). The molecule has 88 valence electrons. The van der Waals surface area contributed by atoms with Crippen LogP contribution in [-0.2, 0) is 16.1 Å². The molecule has 6 heteroatoms. The van der Waals surface area contributed by atoms with Gasteiger partial charge in [-0.3, -0.25) is 4.79 Å². The number of carbonyl (C=O) groups is 2. The Kier molecular flexibility index (Phi) is 4.04. The van der Waals surface area contributed by atoms with E-state index in [2.05, 4.69) is 15.0 Å². The van der Waals surface area contributed by atoms with Crippen LogP contribution in [0.15, 0.2) is 6.20 Å². The van der Waals surface area contributed by atoms with E-state index in [-0.39, 0.29) is 5.91 Å². The third kappa shape index (κ3) is 2.59. The Balaban J connectivity index is 2.81. The first-order valence-electron chi connectivity index (χ1n) is 4.91. The molecule has 0 fully saturated rings. The van der Waals surface area contributed by atoms with Crippen molar-refractivity contribution in [1.82, 2.24) is 14.9 Å². The molecule has 0 unspecified atom stereocenters. The van der Waals surface area contributed by atoms with Gasteiger partial charge in [-0.05, 0) is 6.92 Å². The number of methoxy groups -OCH3 is 1. The van der Waals surface area contributed by atoms with Gasteiger partial charge in [-0.2, -0.15) is 0 Å². The van der Waals surface area contributed by atoms with E-state index in [4.69, 9.17) is 0 Å². The van der Waals surface area contributed by atoms with Gasteiger partial charge in [0.05, 0.1) is 13.3 Å². The van der Waals surface area contributed by atoms with Crippen molar-refractivity contribution in [3.8, 4) is 0 Å². The van der Waals surface area contributed by atoms with Crippen molar-refractivity contribution >= 4 is 11.9 Å². The summed E-state index contributed by atoms with van der Waals surface area (Å²) in [6, 6.07) is 0. The van der Waals surface area contributed by atoms with Crippen LogP contribution in [0.1, 0.15) is 22.7 Å². The first-order chi connectivity index (χ1) is 7.60. The highest BCUT2D eigenvalue weighted by atomic mass is 16.5. The second kappa shape index (κ2) is 5.29. The SMILES string of the molecule is CNC(=O)CCn1c(C(=O)OC)cnc1C. The van der Waals surface area contributed by atoms with Crippen LogP contribution < -0.4 is 5.32 Å². The summed E-state index contributed by atoms with van der Waals surface area (Å²) < 4.78 is 6.29. The van der Waals surface area contributed by atoms with Crippen LogP contribution in [0.5, 0.6) is 0 Å². The van der Waals surface area contributed by atoms with Crippen LogP contribution in [0.4, 0.5) is 0 Å². The summed E-state index contributed by atoms with van der Waals surface area (Å²) >= 11 is 0. The van der Waals surface area contributed by atoms with Crippen LogP contribution in [0.25, 0.3) is 0 Å². The van der Waals surface area contributed by atoms with E-state index < -0.39 is 5.97 Å². The molecule has 0 atom stereocenters. The lowest BCUT2D eigenvalue weighted by Crippen LogP contribution is -2.21. The first kappa shape index (κ1) is 12.2. The highest BCUT2D eigenvalue weighted by molar-refractivity contribution is 5.87. The average Bonchev–Trinajstić information content (AvgIpc) is 2.66. The molecule has 0 aliphatic heterocycles. The molecule has 1 amide bonds. The van der Waals surface area contributed by atoms with Gasteiger partial charge >= 0.3 is 5.97 Å². The van der Waals surface area contributed by atoms with Crippen molar-refractivity contribution in [3.63, 3.8) is 0 Å². The van der Waals surface area contributed by atoms with Crippen molar-refractivity contribution in [2.45, 2.75) is 19.9 Å². The number of amides is 1. The Labute approximate surface area is 93.6 Å². The van der Waals surface area contributed by atoms with Crippen LogP contribution in [0.3, 0.4) is 0 Å². The molecular formula is C10H15N3O3. The molecule has 1 N–H and O–H groups in total. The molecule has 1 heterocycles. The van der Waals surface area contributed by atoms with Gasteiger partial charge in [0.25, 0.3) is 0 Å². The number of ether oxygens (including phenoxy) is 1. The number of carbonyl (C=O) groups excluding carboxylic acids is 2. The van der Waals surface area contributed by atoms with Crippen LogP contribution >= 0.6 is 0 Å².